The maximum atomic E-state index is 12.0. The van der Waals surface area contributed by atoms with Gasteiger partial charge in [0.1, 0.15) is 5.60 Å². The van der Waals surface area contributed by atoms with Gasteiger partial charge in [-0.15, -0.1) is 0 Å². The number of carbonyl (C=O) groups excluding carboxylic acids is 1. The number of fused-ring (bicyclic) bond motifs is 1. The third-order valence-electron chi connectivity index (χ3n) is 6.22. The molecule has 2 N–H and O–H groups in total. The van der Waals surface area contributed by atoms with Crippen molar-refractivity contribution in [2.24, 2.45) is 17.8 Å². The van der Waals surface area contributed by atoms with Crippen LogP contribution in [0.25, 0.3) is 0 Å². The van der Waals surface area contributed by atoms with Gasteiger partial charge in [0.15, 0.2) is 5.78 Å². The Morgan fingerprint density at radius 2 is 2.00 bits per heavy atom. The summed E-state index contributed by atoms with van der Waals surface area (Å²) >= 11 is 0. The first-order valence-electron chi connectivity index (χ1n) is 8.71. The number of Topliss-reactive ketones (excluding diaryl/α,β-unsaturated/α-hetero) is 1. The molecule has 0 spiro atoms. The Labute approximate surface area is 132 Å². The fourth-order valence-corrected chi connectivity index (χ4v) is 4.71. The molecule has 0 unspecified atom stereocenters. The van der Waals surface area contributed by atoms with Crippen LogP contribution in [-0.2, 0) is 9.53 Å². The van der Waals surface area contributed by atoms with Gasteiger partial charge in [0.2, 0.25) is 0 Å². The standard InChI is InChI=1S/C18H28O4/c1-22-18-10-9-16(20)13(14(18)11-17(18)21)7-8-15(19)12-5-3-2-4-6-12/h7-8,12-16,19-20H,2-6,9-11H2,1H3/b8-7+/t13-,14-,15+,16-,18-/m0/s1. The first kappa shape index (κ1) is 16.2. The van der Waals surface area contributed by atoms with Crippen molar-refractivity contribution in [2.45, 2.75) is 69.2 Å². The molecule has 0 aliphatic heterocycles. The molecule has 3 rings (SSSR count). The number of ether oxygens (including phenoxy) is 1. The highest BCUT2D eigenvalue weighted by Gasteiger charge is 2.60. The molecule has 3 aliphatic carbocycles. The van der Waals surface area contributed by atoms with E-state index in [-0.39, 0.29) is 17.6 Å². The van der Waals surface area contributed by atoms with E-state index < -0.39 is 17.8 Å². The van der Waals surface area contributed by atoms with Crippen molar-refractivity contribution in [2.75, 3.05) is 7.11 Å². The molecular weight excluding hydrogens is 280 g/mol. The molecule has 22 heavy (non-hydrogen) atoms. The van der Waals surface area contributed by atoms with Crippen molar-refractivity contribution in [3.05, 3.63) is 12.2 Å². The Kier molecular flexibility index (Phi) is 4.72. The summed E-state index contributed by atoms with van der Waals surface area (Å²) in [6.07, 6.45) is 10.5. The average molecular weight is 308 g/mol. The zero-order valence-corrected chi connectivity index (χ0v) is 13.4. The zero-order valence-electron chi connectivity index (χ0n) is 13.4. The lowest BCUT2D eigenvalue weighted by Gasteiger charge is -2.54. The minimum Gasteiger partial charge on any atom is -0.393 e. The van der Waals surface area contributed by atoms with E-state index in [1.165, 1.54) is 19.3 Å². The van der Waals surface area contributed by atoms with E-state index in [9.17, 15) is 15.0 Å². The molecule has 4 nitrogen and oxygen atoms in total. The molecule has 5 atom stereocenters. The van der Waals surface area contributed by atoms with Gasteiger partial charge in [0.05, 0.1) is 12.2 Å². The highest BCUT2D eigenvalue weighted by Crippen LogP contribution is 2.51. The largest absolute Gasteiger partial charge is 0.393 e. The van der Waals surface area contributed by atoms with E-state index in [0.29, 0.717) is 25.2 Å². The SMILES string of the molecule is CO[C@@]12CC[C@H](O)[C@@H](/C=C/[C@@H](O)C3CCCCC3)[C@@H]1CC2=O. The minimum absolute atomic E-state index is 0.0588. The van der Waals surface area contributed by atoms with Gasteiger partial charge in [-0.3, -0.25) is 4.79 Å². The highest BCUT2D eigenvalue weighted by atomic mass is 16.5. The predicted molar refractivity (Wildman–Crippen MR) is 83.3 cm³/mol. The van der Waals surface area contributed by atoms with E-state index in [2.05, 4.69) is 0 Å². The maximum absolute atomic E-state index is 12.0. The van der Waals surface area contributed by atoms with Crippen LogP contribution in [0, 0.1) is 17.8 Å². The van der Waals surface area contributed by atoms with E-state index in [1.807, 2.05) is 12.2 Å². The molecule has 3 fully saturated rings. The van der Waals surface area contributed by atoms with Gasteiger partial charge in [-0.25, -0.2) is 0 Å². The maximum Gasteiger partial charge on any atom is 0.165 e. The number of methoxy groups -OCH3 is 1. The molecule has 0 radical (unpaired) electrons. The van der Waals surface area contributed by atoms with Crippen LogP contribution in [0.15, 0.2) is 12.2 Å². The van der Waals surface area contributed by atoms with Gasteiger partial charge in [-0.2, -0.15) is 0 Å². The number of hydrogen-bond donors (Lipinski definition) is 2. The predicted octanol–water partition coefficient (Wildman–Crippen LogP) is 2.23. The summed E-state index contributed by atoms with van der Waals surface area (Å²) in [4.78, 5) is 12.0. The summed E-state index contributed by atoms with van der Waals surface area (Å²) in [5.74, 6) is 0.493. The summed E-state index contributed by atoms with van der Waals surface area (Å²) in [5, 5.41) is 20.7. The Morgan fingerprint density at radius 1 is 1.27 bits per heavy atom. The Hall–Kier alpha value is -0.710. The second-order valence-electron chi connectivity index (χ2n) is 7.28. The monoisotopic (exact) mass is 308 g/mol. The van der Waals surface area contributed by atoms with E-state index in [1.54, 1.807) is 7.11 Å². The topological polar surface area (TPSA) is 66.8 Å². The summed E-state index contributed by atoms with van der Waals surface area (Å²) < 4.78 is 5.53. The van der Waals surface area contributed by atoms with Gasteiger partial charge >= 0.3 is 0 Å². The Bertz CT molecular complexity index is 440. The number of carbonyl (C=O) groups is 1. The van der Waals surface area contributed by atoms with Gasteiger partial charge < -0.3 is 14.9 Å². The number of hydrogen-bond acceptors (Lipinski definition) is 4. The fourth-order valence-electron chi connectivity index (χ4n) is 4.71. The van der Waals surface area contributed by atoms with Crippen LogP contribution in [0.2, 0.25) is 0 Å². The normalized spacial score (nSPS) is 41.2. The summed E-state index contributed by atoms with van der Waals surface area (Å²) in [7, 11) is 1.60. The van der Waals surface area contributed by atoms with Crippen molar-refractivity contribution in [1.82, 2.24) is 0 Å². The van der Waals surface area contributed by atoms with Crippen LogP contribution in [0.5, 0.6) is 0 Å². The summed E-state index contributed by atoms with van der Waals surface area (Å²) in [6.45, 7) is 0. The van der Waals surface area contributed by atoms with E-state index in [4.69, 9.17) is 4.74 Å². The molecule has 4 heteroatoms. The molecular formula is C18H28O4. The number of ketones is 1. The van der Waals surface area contributed by atoms with E-state index in [0.717, 1.165) is 12.8 Å². The molecule has 0 bridgehead atoms. The van der Waals surface area contributed by atoms with Crippen molar-refractivity contribution in [1.29, 1.82) is 0 Å². The van der Waals surface area contributed by atoms with Gasteiger partial charge in [-0.05, 0) is 31.6 Å². The smallest absolute Gasteiger partial charge is 0.165 e. The molecule has 0 aromatic carbocycles. The summed E-state index contributed by atoms with van der Waals surface area (Å²) in [5.41, 5.74) is -0.677. The van der Waals surface area contributed by atoms with Gasteiger partial charge in [-0.1, -0.05) is 31.4 Å². The Balaban J connectivity index is 1.67. The van der Waals surface area contributed by atoms with Crippen LogP contribution < -0.4 is 0 Å². The second kappa shape index (κ2) is 6.42. The van der Waals surface area contributed by atoms with Crippen molar-refractivity contribution in [3.8, 4) is 0 Å². The lowest BCUT2D eigenvalue weighted by Crippen LogP contribution is -2.64. The zero-order chi connectivity index (χ0) is 15.7. The average Bonchev–Trinajstić information content (AvgIpc) is 2.54. The molecule has 0 heterocycles. The third-order valence-corrected chi connectivity index (χ3v) is 6.22. The van der Waals surface area contributed by atoms with E-state index >= 15 is 0 Å². The number of aliphatic hydroxyl groups is 2. The Morgan fingerprint density at radius 3 is 2.64 bits per heavy atom. The molecule has 3 aliphatic rings. The lowest BCUT2D eigenvalue weighted by atomic mass is 9.55. The molecule has 0 aromatic rings. The van der Waals surface area contributed by atoms with Crippen molar-refractivity contribution < 1.29 is 19.7 Å². The van der Waals surface area contributed by atoms with Crippen molar-refractivity contribution in [3.63, 3.8) is 0 Å². The third kappa shape index (κ3) is 2.66. The van der Waals surface area contributed by atoms with Crippen LogP contribution >= 0.6 is 0 Å². The molecule has 0 saturated heterocycles. The molecule has 124 valence electrons. The minimum atomic E-state index is -0.677. The fraction of sp³-hybridized carbons (Fsp3) is 0.833. The van der Waals surface area contributed by atoms with Crippen LogP contribution in [-0.4, -0.2) is 40.9 Å². The number of aliphatic hydroxyl groups excluding tert-OH is 2. The summed E-state index contributed by atoms with van der Waals surface area (Å²) in [6, 6.07) is 0. The first-order chi connectivity index (χ1) is 10.6. The molecule has 3 saturated carbocycles. The van der Waals surface area contributed by atoms with Crippen LogP contribution in [0.3, 0.4) is 0 Å². The lowest BCUT2D eigenvalue weighted by molar-refractivity contribution is -0.191. The number of rotatable bonds is 4. The van der Waals surface area contributed by atoms with Crippen LogP contribution in [0.1, 0.15) is 51.4 Å². The second-order valence-corrected chi connectivity index (χ2v) is 7.28. The quantitative estimate of drug-likeness (QED) is 0.782. The van der Waals surface area contributed by atoms with Crippen LogP contribution in [0.4, 0.5) is 0 Å². The first-order valence-corrected chi connectivity index (χ1v) is 8.71. The molecule has 0 aromatic heterocycles. The molecule has 0 amide bonds. The van der Waals surface area contributed by atoms with Gasteiger partial charge in [0.25, 0.3) is 0 Å². The van der Waals surface area contributed by atoms with Crippen molar-refractivity contribution >= 4 is 5.78 Å². The highest BCUT2D eigenvalue weighted by molar-refractivity contribution is 5.94. The van der Waals surface area contributed by atoms with Gasteiger partial charge in [0, 0.05) is 25.4 Å².